The maximum absolute atomic E-state index is 10.9. The number of anilines is 1. The Morgan fingerprint density at radius 1 is 1.30 bits per heavy atom. The van der Waals surface area contributed by atoms with E-state index in [9.17, 15) is 10.1 Å². The van der Waals surface area contributed by atoms with Crippen LogP contribution in [0.4, 0.5) is 11.4 Å². The largest absolute Gasteiger partial charge is 0.485 e. The number of nitro groups is 1. The van der Waals surface area contributed by atoms with E-state index < -0.39 is 4.92 Å². The molecule has 23 heavy (non-hydrogen) atoms. The van der Waals surface area contributed by atoms with Crippen molar-refractivity contribution in [3.05, 3.63) is 76.0 Å². The van der Waals surface area contributed by atoms with Crippen LogP contribution in [0.3, 0.4) is 0 Å². The molecule has 0 saturated carbocycles. The second kappa shape index (κ2) is 5.81. The van der Waals surface area contributed by atoms with Crippen LogP contribution in [-0.2, 0) is 6.54 Å². The molecule has 0 unspecified atom stereocenters. The van der Waals surface area contributed by atoms with E-state index in [0.717, 1.165) is 16.9 Å². The van der Waals surface area contributed by atoms with Crippen LogP contribution in [0, 0.1) is 21.4 Å². The van der Waals surface area contributed by atoms with Gasteiger partial charge in [-0.2, -0.15) is 5.26 Å². The first-order valence-electron chi connectivity index (χ1n) is 6.94. The highest BCUT2D eigenvalue weighted by Gasteiger charge is 2.23. The van der Waals surface area contributed by atoms with Crippen LogP contribution >= 0.6 is 0 Å². The number of nitrogens with zero attached hydrogens (tertiary/aromatic N) is 3. The Morgan fingerprint density at radius 2 is 2.04 bits per heavy atom. The number of non-ortho nitro benzene ring substituents is 1. The van der Waals surface area contributed by atoms with Crippen molar-refractivity contribution in [2.45, 2.75) is 6.54 Å². The van der Waals surface area contributed by atoms with Crippen LogP contribution in [0.15, 0.2) is 54.7 Å². The van der Waals surface area contributed by atoms with E-state index in [0.29, 0.717) is 17.9 Å². The molecule has 3 rings (SSSR count). The predicted octanol–water partition coefficient (Wildman–Crippen LogP) is 3.38. The summed E-state index contributed by atoms with van der Waals surface area (Å²) in [7, 11) is 0. The van der Waals surface area contributed by atoms with Crippen molar-refractivity contribution < 1.29 is 9.66 Å². The van der Waals surface area contributed by atoms with Crippen LogP contribution in [0.25, 0.3) is 0 Å². The molecule has 6 nitrogen and oxygen atoms in total. The fourth-order valence-corrected chi connectivity index (χ4v) is 2.43. The first kappa shape index (κ1) is 14.6. The van der Waals surface area contributed by atoms with Crippen molar-refractivity contribution in [2.24, 2.45) is 0 Å². The Bertz CT molecular complexity index is 822. The zero-order chi connectivity index (χ0) is 16.4. The molecule has 2 aromatic rings. The van der Waals surface area contributed by atoms with E-state index in [2.05, 4.69) is 12.6 Å². The lowest BCUT2D eigenvalue weighted by molar-refractivity contribution is -0.384. The zero-order valence-electron chi connectivity index (χ0n) is 12.2. The Balaban J connectivity index is 1.92. The zero-order valence-corrected chi connectivity index (χ0v) is 12.2. The van der Waals surface area contributed by atoms with Gasteiger partial charge >= 0.3 is 0 Å². The normalized spacial score (nSPS) is 13.0. The van der Waals surface area contributed by atoms with E-state index in [4.69, 9.17) is 10.00 Å². The van der Waals surface area contributed by atoms with E-state index in [1.54, 1.807) is 18.2 Å². The third-order valence-electron chi connectivity index (χ3n) is 3.64. The van der Waals surface area contributed by atoms with Crippen molar-refractivity contribution in [1.29, 1.82) is 5.26 Å². The summed E-state index contributed by atoms with van der Waals surface area (Å²) in [5.41, 5.74) is 3.13. The summed E-state index contributed by atoms with van der Waals surface area (Å²) >= 11 is 0. The minimum absolute atomic E-state index is 0.00501. The quantitative estimate of drug-likeness (QED) is 0.641. The Hall–Kier alpha value is -3.33. The van der Waals surface area contributed by atoms with Gasteiger partial charge in [0.05, 0.1) is 28.3 Å². The molecule has 1 aliphatic rings. The molecular formula is C17H13N3O3. The molecule has 0 saturated heterocycles. The molecule has 2 aromatic carbocycles. The van der Waals surface area contributed by atoms with Crippen molar-refractivity contribution in [1.82, 2.24) is 0 Å². The molecule has 0 spiro atoms. The summed E-state index contributed by atoms with van der Waals surface area (Å²) in [5.74, 6) is 0.472. The minimum atomic E-state index is -0.446. The van der Waals surface area contributed by atoms with Gasteiger partial charge in [-0.15, -0.1) is 0 Å². The topological polar surface area (TPSA) is 79.4 Å². The van der Waals surface area contributed by atoms with Gasteiger partial charge in [0.1, 0.15) is 12.4 Å². The average Bonchev–Trinajstić information content (AvgIpc) is 2.57. The highest BCUT2D eigenvalue weighted by Crippen LogP contribution is 2.38. The molecule has 6 heteroatoms. The summed E-state index contributed by atoms with van der Waals surface area (Å²) in [6.07, 6.45) is 0. The molecule has 0 aliphatic carbocycles. The molecule has 0 atom stereocenters. The molecule has 1 aliphatic heterocycles. The lowest BCUT2D eigenvalue weighted by Crippen LogP contribution is -2.29. The van der Waals surface area contributed by atoms with Crippen LogP contribution in [-0.4, -0.2) is 11.5 Å². The van der Waals surface area contributed by atoms with Gasteiger partial charge in [0.2, 0.25) is 0 Å². The lowest BCUT2D eigenvalue weighted by atomic mass is 10.1. The third kappa shape index (κ3) is 2.85. The fourth-order valence-electron chi connectivity index (χ4n) is 2.43. The van der Waals surface area contributed by atoms with Crippen molar-refractivity contribution >= 4 is 11.4 Å². The molecule has 0 amide bonds. The molecule has 0 N–H and O–H groups in total. The minimum Gasteiger partial charge on any atom is -0.485 e. The predicted molar refractivity (Wildman–Crippen MR) is 85.1 cm³/mol. The third-order valence-corrected chi connectivity index (χ3v) is 3.64. The number of fused-ring (bicyclic) bond motifs is 1. The van der Waals surface area contributed by atoms with Gasteiger partial charge in [-0.1, -0.05) is 18.7 Å². The number of hydrogen-bond acceptors (Lipinski definition) is 5. The van der Waals surface area contributed by atoms with Crippen molar-refractivity contribution in [2.75, 3.05) is 11.5 Å². The second-order valence-electron chi connectivity index (χ2n) is 5.16. The lowest BCUT2D eigenvalue weighted by Gasteiger charge is -2.32. The number of hydrogen-bond donors (Lipinski definition) is 0. The Kier molecular flexibility index (Phi) is 3.69. The van der Waals surface area contributed by atoms with Crippen LogP contribution in [0.2, 0.25) is 0 Å². The monoisotopic (exact) mass is 307 g/mol. The van der Waals surface area contributed by atoms with Crippen molar-refractivity contribution in [3.8, 4) is 11.8 Å². The van der Waals surface area contributed by atoms with E-state index in [1.165, 1.54) is 12.1 Å². The molecule has 0 fully saturated rings. The van der Waals surface area contributed by atoms with Crippen LogP contribution in [0.1, 0.15) is 11.1 Å². The number of nitriles is 1. The van der Waals surface area contributed by atoms with E-state index in [-0.39, 0.29) is 12.3 Å². The summed E-state index contributed by atoms with van der Waals surface area (Å²) in [6.45, 7) is 4.83. The second-order valence-corrected chi connectivity index (χ2v) is 5.16. The summed E-state index contributed by atoms with van der Waals surface area (Å²) in [6, 6.07) is 13.9. The molecule has 114 valence electrons. The van der Waals surface area contributed by atoms with Gasteiger partial charge in [-0.3, -0.25) is 10.1 Å². The molecule has 1 heterocycles. The van der Waals surface area contributed by atoms with Gasteiger partial charge in [0, 0.05) is 18.3 Å². The van der Waals surface area contributed by atoms with Gasteiger partial charge in [-0.25, -0.2) is 0 Å². The summed E-state index contributed by atoms with van der Waals surface area (Å²) < 4.78 is 5.54. The van der Waals surface area contributed by atoms with Gasteiger partial charge in [0.15, 0.2) is 0 Å². The molecule has 0 bridgehead atoms. The Labute approximate surface area is 133 Å². The molecule has 0 radical (unpaired) electrons. The van der Waals surface area contributed by atoms with Gasteiger partial charge < -0.3 is 9.64 Å². The van der Waals surface area contributed by atoms with Gasteiger partial charge in [0.25, 0.3) is 5.69 Å². The number of rotatable bonds is 3. The van der Waals surface area contributed by atoms with Crippen LogP contribution < -0.4 is 9.64 Å². The fraction of sp³-hybridized carbons (Fsp3) is 0.118. The standard InChI is InChI=1S/C17H13N3O3/c1-12-11-23-17-8-15(20(21)22)6-7-16(17)19(12)10-14-4-2-13(9-18)3-5-14/h2-8H,1,10-11H2. The smallest absolute Gasteiger partial charge is 0.273 e. The highest BCUT2D eigenvalue weighted by molar-refractivity contribution is 5.67. The first-order valence-corrected chi connectivity index (χ1v) is 6.94. The van der Waals surface area contributed by atoms with Crippen molar-refractivity contribution in [3.63, 3.8) is 0 Å². The number of benzene rings is 2. The maximum Gasteiger partial charge on any atom is 0.273 e. The highest BCUT2D eigenvalue weighted by atomic mass is 16.6. The maximum atomic E-state index is 10.9. The van der Waals surface area contributed by atoms with Gasteiger partial charge in [-0.05, 0) is 23.8 Å². The first-order chi connectivity index (χ1) is 11.1. The number of nitro benzene ring substituents is 1. The number of ether oxygens (including phenoxy) is 1. The summed E-state index contributed by atoms with van der Waals surface area (Å²) in [5, 5.41) is 19.7. The summed E-state index contributed by atoms with van der Waals surface area (Å²) in [4.78, 5) is 12.4. The SMILES string of the molecule is C=C1COc2cc([N+](=O)[O-])ccc2N1Cc1ccc(C#N)cc1. The molecular weight excluding hydrogens is 294 g/mol. The van der Waals surface area contributed by atoms with E-state index in [1.807, 2.05) is 17.0 Å². The van der Waals surface area contributed by atoms with Crippen LogP contribution in [0.5, 0.6) is 5.75 Å². The average molecular weight is 307 g/mol. The Morgan fingerprint density at radius 3 is 2.70 bits per heavy atom. The molecule has 0 aromatic heterocycles. The van der Waals surface area contributed by atoms with E-state index >= 15 is 0 Å².